The minimum absolute atomic E-state index is 0. The highest BCUT2D eigenvalue weighted by Gasteiger charge is 2.40. The van der Waals surface area contributed by atoms with Gasteiger partial charge in [-0.05, 0) is 25.0 Å². The molecule has 0 radical (unpaired) electrons. The van der Waals surface area contributed by atoms with E-state index in [2.05, 4.69) is 10.6 Å². The number of rotatable bonds is 4. The lowest BCUT2D eigenvalue weighted by Crippen LogP contribution is -2.47. The fourth-order valence-electron chi connectivity index (χ4n) is 3.51. The van der Waals surface area contributed by atoms with Crippen molar-refractivity contribution in [3.05, 3.63) is 35.4 Å². The summed E-state index contributed by atoms with van der Waals surface area (Å²) in [5, 5.41) is 6.02. The first-order chi connectivity index (χ1) is 10.6. The van der Waals surface area contributed by atoms with E-state index in [1.165, 1.54) is 18.2 Å². The number of hydrogen-bond donors (Lipinski definition) is 2. The monoisotopic (exact) mass is 362 g/mol. The molecule has 1 unspecified atom stereocenters. The molecule has 2 N–H and O–H groups in total. The van der Waals surface area contributed by atoms with Gasteiger partial charge in [-0.15, -0.1) is 24.2 Å². The van der Waals surface area contributed by atoms with Gasteiger partial charge in [0.1, 0.15) is 11.6 Å². The zero-order chi connectivity index (χ0) is 15.6. The van der Waals surface area contributed by atoms with Crippen molar-refractivity contribution in [1.29, 1.82) is 0 Å². The summed E-state index contributed by atoms with van der Waals surface area (Å²) in [5.74, 6) is 0.419. The van der Waals surface area contributed by atoms with Crippen LogP contribution >= 0.6 is 24.2 Å². The number of benzene rings is 1. The van der Waals surface area contributed by atoms with Gasteiger partial charge in [-0.25, -0.2) is 8.78 Å². The molecule has 1 saturated heterocycles. The molecule has 3 rings (SSSR count). The van der Waals surface area contributed by atoms with Crippen molar-refractivity contribution in [2.24, 2.45) is 0 Å². The van der Waals surface area contributed by atoms with Crippen LogP contribution < -0.4 is 10.6 Å². The lowest BCUT2D eigenvalue weighted by atomic mass is 9.78. The van der Waals surface area contributed by atoms with Gasteiger partial charge in [0.15, 0.2) is 0 Å². The first-order valence-corrected chi connectivity index (χ1v) is 8.81. The Kier molecular flexibility index (Phi) is 6.28. The smallest absolute Gasteiger partial charge is 0.238 e. The summed E-state index contributed by atoms with van der Waals surface area (Å²) in [6.45, 7) is 0.298. The maximum Gasteiger partial charge on any atom is 0.238 e. The fraction of sp³-hybridized carbons (Fsp3) is 0.562. The molecule has 7 heteroatoms. The Labute approximate surface area is 145 Å². The highest BCUT2D eigenvalue weighted by Crippen LogP contribution is 2.42. The molecule has 23 heavy (non-hydrogen) atoms. The average Bonchev–Trinajstić information content (AvgIpc) is 3.17. The summed E-state index contributed by atoms with van der Waals surface area (Å²) in [6, 6.07) is 3.79. The topological polar surface area (TPSA) is 41.1 Å². The molecule has 0 spiro atoms. The number of amides is 1. The third-order valence-corrected chi connectivity index (χ3v) is 5.63. The van der Waals surface area contributed by atoms with Crippen molar-refractivity contribution in [1.82, 2.24) is 10.6 Å². The lowest BCUT2D eigenvalue weighted by molar-refractivity contribution is -0.122. The van der Waals surface area contributed by atoms with Crippen molar-refractivity contribution in [3.8, 4) is 0 Å². The number of hydrogen-bond acceptors (Lipinski definition) is 3. The Morgan fingerprint density at radius 2 is 1.96 bits per heavy atom. The van der Waals surface area contributed by atoms with Crippen molar-refractivity contribution in [2.75, 3.05) is 18.2 Å². The summed E-state index contributed by atoms with van der Waals surface area (Å²) >= 11 is 1.68. The highest BCUT2D eigenvalue weighted by molar-refractivity contribution is 7.99. The Morgan fingerprint density at radius 3 is 2.52 bits per heavy atom. The van der Waals surface area contributed by atoms with Gasteiger partial charge in [-0.2, -0.15) is 0 Å². The van der Waals surface area contributed by atoms with E-state index in [0.29, 0.717) is 19.4 Å². The molecule has 2 aliphatic rings. The Hall–Kier alpha value is -0.850. The number of nitrogens with one attached hydrogen (secondary N) is 2. The maximum atomic E-state index is 14.2. The average molecular weight is 363 g/mol. The van der Waals surface area contributed by atoms with Crippen LogP contribution in [-0.4, -0.2) is 30.1 Å². The molecular formula is C16H21ClF2N2OS. The Morgan fingerprint density at radius 1 is 1.30 bits per heavy atom. The summed E-state index contributed by atoms with van der Waals surface area (Å²) in [6.07, 6.45) is 3.28. The summed E-state index contributed by atoms with van der Waals surface area (Å²) < 4.78 is 28.4. The van der Waals surface area contributed by atoms with E-state index in [4.69, 9.17) is 0 Å². The first kappa shape index (κ1) is 18.5. The van der Waals surface area contributed by atoms with Gasteiger partial charge in [0.05, 0.1) is 6.04 Å². The molecule has 2 fully saturated rings. The number of halogens is 3. The molecule has 3 nitrogen and oxygen atoms in total. The zero-order valence-corrected chi connectivity index (χ0v) is 14.4. The molecule has 1 amide bonds. The summed E-state index contributed by atoms with van der Waals surface area (Å²) in [7, 11) is 0. The van der Waals surface area contributed by atoms with Gasteiger partial charge in [-0.1, -0.05) is 18.9 Å². The summed E-state index contributed by atoms with van der Waals surface area (Å²) in [4.78, 5) is 12.2. The van der Waals surface area contributed by atoms with Crippen LogP contribution in [0.25, 0.3) is 0 Å². The standard InChI is InChI=1S/C16H20F2N2OS.ClH/c17-11-4-3-5-12(18)14(11)16(6-1-2-7-16)9-19-15(21)13-8-22-10-20-13;/h3-5,13,20H,1-2,6-10H2,(H,19,21);1H. The van der Waals surface area contributed by atoms with Gasteiger partial charge >= 0.3 is 0 Å². The SMILES string of the molecule is Cl.O=C(NCC1(c2c(F)cccc2F)CCCC1)C1CSCN1. The van der Waals surface area contributed by atoms with E-state index in [1.807, 2.05) is 0 Å². The van der Waals surface area contributed by atoms with Crippen LogP contribution in [0.1, 0.15) is 31.2 Å². The predicted octanol–water partition coefficient (Wildman–Crippen LogP) is 2.98. The van der Waals surface area contributed by atoms with Gasteiger partial charge < -0.3 is 5.32 Å². The Balaban J connectivity index is 0.00000192. The summed E-state index contributed by atoms with van der Waals surface area (Å²) in [5.41, 5.74) is -0.474. The molecule has 1 heterocycles. The van der Waals surface area contributed by atoms with E-state index in [9.17, 15) is 13.6 Å². The van der Waals surface area contributed by atoms with Crippen LogP contribution in [0.15, 0.2) is 18.2 Å². The van der Waals surface area contributed by atoms with E-state index >= 15 is 0 Å². The van der Waals surface area contributed by atoms with Crippen LogP contribution in [0, 0.1) is 11.6 Å². The van der Waals surface area contributed by atoms with Crippen LogP contribution in [0.2, 0.25) is 0 Å². The molecule has 1 aromatic carbocycles. The van der Waals surface area contributed by atoms with Crippen molar-refractivity contribution in [3.63, 3.8) is 0 Å². The van der Waals surface area contributed by atoms with Gasteiger partial charge in [0.25, 0.3) is 0 Å². The second-order valence-corrected chi connectivity index (χ2v) is 7.10. The van der Waals surface area contributed by atoms with Crippen molar-refractivity contribution < 1.29 is 13.6 Å². The minimum atomic E-state index is -0.614. The van der Waals surface area contributed by atoms with Gasteiger partial charge in [-0.3, -0.25) is 10.1 Å². The second kappa shape index (κ2) is 7.81. The van der Waals surface area contributed by atoms with E-state index < -0.39 is 17.0 Å². The first-order valence-electron chi connectivity index (χ1n) is 7.66. The number of carbonyl (C=O) groups excluding carboxylic acids is 1. The molecule has 1 saturated carbocycles. The molecule has 1 aliphatic carbocycles. The lowest BCUT2D eigenvalue weighted by Gasteiger charge is -2.31. The molecule has 0 bridgehead atoms. The third kappa shape index (κ3) is 3.80. The fourth-order valence-corrected chi connectivity index (χ4v) is 4.46. The van der Waals surface area contributed by atoms with Gasteiger partial charge in [0, 0.05) is 29.2 Å². The largest absolute Gasteiger partial charge is 0.354 e. The normalized spacial score (nSPS) is 22.6. The molecule has 0 aromatic heterocycles. The molecular weight excluding hydrogens is 342 g/mol. The zero-order valence-electron chi connectivity index (χ0n) is 12.7. The minimum Gasteiger partial charge on any atom is -0.354 e. The Bertz CT molecular complexity index is 541. The van der Waals surface area contributed by atoms with E-state index in [1.54, 1.807) is 11.8 Å². The van der Waals surface area contributed by atoms with Crippen LogP contribution in [0.5, 0.6) is 0 Å². The van der Waals surface area contributed by atoms with Crippen LogP contribution in [0.4, 0.5) is 8.78 Å². The molecule has 128 valence electrons. The maximum absolute atomic E-state index is 14.2. The van der Waals surface area contributed by atoms with Crippen LogP contribution in [-0.2, 0) is 10.2 Å². The van der Waals surface area contributed by atoms with E-state index in [0.717, 1.165) is 24.5 Å². The number of carbonyl (C=O) groups is 1. The van der Waals surface area contributed by atoms with Crippen molar-refractivity contribution in [2.45, 2.75) is 37.1 Å². The molecule has 1 aliphatic heterocycles. The molecule has 1 aromatic rings. The second-order valence-electron chi connectivity index (χ2n) is 6.07. The highest BCUT2D eigenvalue weighted by atomic mass is 35.5. The molecule has 1 atom stereocenters. The predicted molar refractivity (Wildman–Crippen MR) is 91.0 cm³/mol. The van der Waals surface area contributed by atoms with Crippen molar-refractivity contribution >= 4 is 30.1 Å². The van der Waals surface area contributed by atoms with E-state index in [-0.39, 0.29) is 29.9 Å². The van der Waals surface area contributed by atoms with Crippen LogP contribution in [0.3, 0.4) is 0 Å². The quantitative estimate of drug-likeness (QED) is 0.865. The number of thioether (sulfide) groups is 1. The third-order valence-electron chi connectivity index (χ3n) is 4.69. The van der Waals surface area contributed by atoms with Gasteiger partial charge in [0.2, 0.25) is 5.91 Å².